The summed E-state index contributed by atoms with van der Waals surface area (Å²) in [6.45, 7) is 0. The molecule has 0 saturated heterocycles. The molecule has 0 aliphatic heterocycles. The molecule has 5 heteroatoms. The molecule has 2 aromatic carbocycles. The summed E-state index contributed by atoms with van der Waals surface area (Å²) in [5.74, 6) is -1.34. The Labute approximate surface area is 113 Å². The minimum atomic E-state index is -0.746. The second-order valence-electron chi connectivity index (χ2n) is 4.33. The number of para-hydroxylation sites is 2. The SMILES string of the molecule is O/C(=C\c1nc2ccccc2[nH]1)c1cc(F)cc(F)c1. The largest absolute Gasteiger partial charge is 0.507 e. The first-order chi connectivity index (χ1) is 9.61. The molecule has 3 aromatic rings. The summed E-state index contributed by atoms with van der Waals surface area (Å²) in [4.78, 5) is 7.23. The lowest BCUT2D eigenvalue weighted by molar-refractivity contribution is 0.511. The van der Waals surface area contributed by atoms with E-state index in [0.29, 0.717) is 5.82 Å². The molecular formula is C15H10F2N2O. The second-order valence-corrected chi connectivity index (χ2v) is 4.33. The van der Waals surface area contributed by atoms with Gasteiger partial charge >= 0.3 is 0 Å². The lowest BCUT2D eigenvalue weighted by Gasteiger charge is -2.00. The van der Waals surface area contributed by atoms with Crippen LogP contribution in [0.4, 0.5) is 8.78 Å². The van der Waals surface area contributed by atoms with Crippen molar-refractivity contribution in [2.75, 3.05) is 0 Å². The van der Waals surface area contributed by atoms with Gasteiger partial charge < -0.3 is 10.1 Å². The molecule has 20 heavy (non-hydrogen) atoms. The van der Waals surface area contributed by atoms with Crippen LogP contribution in [0.1, 0.15) is 11.4 Å². The van der Waals surface area contributed by atoms with Gasteiger partial charge in [0.25, 0.3) is 0 Å². The third-order valence-electron chi connectivity index (χ3n) is 2.84. The summed E-state index contributed by atoms with van der Waals surface area (Å²) < 4.78 is 26.2. The number of nitrogens with zero attached hydrogens (tertiary/aromatic N) is 1. The van der Waals surface area contributed by atoms with E-state index in [1.54, 1.807) is 0 Å². The fourth-order valence-electron chi connectivity index (χ4n) is 1.96. The molecule has 0 aliphatic rings. The third kappa shape index (κ3) is 2.38. The number of aliphatic hydroxyl groups excluding tert-OH is 1. The summed E-state index contributed by atoms with van der Waals surface area (Å²) in [7, 11) is 0. The van der Waals surface area contributed by atoms with Crippen molar-refractivity contribution < 1.29 is 13.9 Å². The average molecular weight is 272 g/mol. The predicted octanol–water partition coefficient (Wildman–Crippen LogP) is 3.90. The lowest BCUT2D eigenvalue weighted by atomic mass is 10.1. The Bertz CT molecular complexity index is 755. The van der Waals surface area contributed by atoms with Crippen LogP contribution in [0.3, 0.4) is 0 Å². The number of aromatic amines is 1. The Morgan fingerprint density at radius 2 is 1.80 bits per heavy atom. The van der Waals surface area contributed by atoms with E-state index in [4.69, 9.17) is 0 Å². The normalized spacial score (nSPS) is 12.0. The number of hydrogen-bond donors (Lipinski definition) is 2. The molecule has 2 N–H and O–H groups in total. The van der Waals surface area contributed by atoms with Gasteiger partial charge in [0.1, 0.15) is 23.2 Å². The van der Waals surface area contributed by atoms with E-state index in [-0.39, 0.29) is 11.3 Å². The first-order valence-electron chi connectivity index (χ1n) is 5.94. The number of benzene rings is 2. The van der Waals surface area contributed by atoms with Gasteiger partial charge in [0.15, 0.2) is 0 Å². The molecule has 100 valence electrons. The maximum Gasteiger partial charge on any atom is 0.134 e. The van der Waals surface area contributed by atoms with Crippen molar-refractivity contribution in [3.8, 4) is 0 Å². The number of aromatic nitrogens is 2. The van der Waals surface area contributed by atoms with Crippen LogP contribution in [0.25, 0.3) is 22.9 Å². The number of hydrogen-bond acceptors (Lipinski definition) is 2. The van der Waals surface area contributed by atoms with Crippen molar-refractivity contribution in [2.24, 2.45) is 0 Å². The van der Waals surface area contributed by atoms with Gasteiger partial charge in [-0.3, -0.25) is 0 Å². The summed E-state index contributed by atoms with van der Waals surface area (Å²) in [6.07, 6.45) is 1.33. The zero-order valence-electron chi connectivity index (χ0n) is 10.3. The van der Waals surface area contributed by atoms with Crippen LogP contribution in [-0.4, -0.2) is 15.1 Å². The fraction of sp³-hybridized carbons (Fsp3) is 0. The van der Waals surface area contributed by atoms with Crippen molar-refractivity contribution in [3.05, 3.63) is 65.5 Å². The molecule has 0 radical (unpaired) electrons. The molecule has 0 bridgehead atoms. The standard InChI is InChI=1S/C15H10F2N2O/c16-10-5-9(6-11(17)7-10)14(20)8-15-18-12-3-1-2-4-13(12)19-15/h1-8,20H,(H,18,19)/b14-8-. The third-order valence-corrected chi connectivity index (χ3v) is 2.84. The number of halogens is 2. The topological polar surface area (TPSA) is 48.9 Å². The van der Waals surface area contributed by atoms with Gasteiger partial charge in [-0.25, -0.2) is 13.8 Å². The average Bonchev–Trinajstić information content (AvgIpc) is 2.79. The Balaban J connectivity index is 2.01. The van der Waals surface area contributed by atoms with Gasteiger partial charge in [0.05, 0.1) is 11.0 Å². The highest BCUT2D eigenvalue weighted by atomic mass is 19.1. The highest BCUT2D eigenvalue weighted by Gasteiger charge is 2.06. The first kappa shape index (κ1) is 12.3. The molecule has 1 heterocycles. The van der Waals surface area contributed by atoms with E-state index in [0.717, 1.165) is 29.2 Å². The number of aliphatic hydroxyl groups is 1. The summed E-state index contributed by atoms with van der Waals surface area (Å²) in [5, 5.41) is 9.92. The lowest BCUT2D eigenvalue weighted by Crippen LogP contribution is -1.88. The highest BCUT2D eigenvalue weighted by Crippen LogP contribution is 2.18. The van der Waals surface area contributed by atoms with Crippen molar-refractivity contribution in [1.29, 1.82) is 0 Å². The molecule has 0 unspecified atom stereocenters. The summed E-state index contributed by atoms with van der Waals surface area (Å²) in [5.41, 5.74) is 1.62. The number of rotatable bonds is 2. The molecule has 0 spiro atoms. The molecule has 0 atom stereocenters. The Hall–Kier alpha value is -2.69. The quantitative estimate of drug-likeness (QED) is 0.695. The summed E-state index contributed by atoms with van der Waals surface area (Å²) >= 11 is 0. The van der Waals surface area contributed by atoms with Gasteiger partial charge in [0.2, 0.25) is 0 Å². The first-order valence-corrected chi connectivity index (χ1v) is 5.94. The number of imidazole rings is 1. The van der Waals surface area contributed by atoms with E-state index in [9.17, 15) is 13.9 Å². The predicted molar refractivity (Wildman–Crippen MR) is 73.0 cm³/mol. The zero-order valence-corrected chi connectivity index (χ0v) is 10.3. The number of fused-ring (bicyclic) bond motifs is 1. The van der Waals surface area contributed by atoms with E-state index in [1.807, 2.05) is 24.3 Å². The molecule has 0 fully saturated rings. The van der Waals surface area contributed by atoms with E-state index < -0.39 is 11.6 Å². The van der Waals surface area contributed by atoms with Crippen LogP contribution in [-0.2, 0) is 0 Å². The molecular weight excluding hydrogens is 262 g/mol. The Kier molecular flexibility index (Phi) is 2.95. The molecule has 0 amide bonds. The van der Waals surface area contributed by atoms with Gasteiger partial charge in [-0.2, -0.15) is 0 Å². The van der Waals surface area contributed by atoms with Crippen LogP contribution in [0.2, 0.25) is 0 Å². The molecule has 3 rings (SSSR count). The molecule has 1 aromatic heterocycles. The van der Waals surface area contributed by atoms with Crippen molar-refractivity contribution in [2.45, 2.75) is 0 Å². The molecule has 3 nitrogen and oxygen atoms in total. The van der Waals surface area contributed by atoms with Gasteiger partial charge in [-0.15, -0.1) is 0 Å². The van der Waals surface area contributed by atoms with Crippen molar-refractivity contribution >= 4 is 22.9 Å². The minimum absolute atomic E-state index is 0.0583. The van der Waals surface area contributed by atoms with Gasteiger partial charge in [-0.05, 0) is 24.3 Å². The smallest absolute Gasteiger partial charge is 0.134 e. The van der Waals surface area contributed by atoms with E-state index in [2.05, 4.69) is 9.97 Å². The molecule has 0 saturated carbocycles. The highest BCUT2D eigenvalue weighted by molar-refractivity contribution is 5.80. The van der Waals surface area contributed by atoms with Crippen LogP contribution >= 0.6 is 0 Å². The maximum absolute atomic E-state index is 13.1. The Morgan fingerprint density at radius 1 is 1.10 bits per heavy atom. The van der Waals surface area contributed by atoms with E-state index in [1.165, 1.54) is 6.08 Å². The Morgan fingerprint density at radius 3 is 2.50 bits per heavy atom. The van der Waals surface area contributed by atoms with Crippen LogP contribution in [0, 0.1) is 11.6 Å². The monoisotopic (exact) mass is 272 g/mol. The summed E-state index contributed by atoms with van der Waals surface area (Å²) in [6, 6.07) is 10.2. The maximum atomic E-state index is 13.1. The van der Waals surface area contributed by atoms with Crippen LogP contribution in [0.15, 0.2) is 42.5 Å². The van der Waals surface area contributed by atoms with Gasteiger partial charge in [-0.1, -0.05) is 12.1 Å². The minimum Gasteiger partial charge on any atom is -0.507 e. The number of H-pyrrole nitrogens is 1. The van der Waals surface area contributed by atoms with Gasteiger partial charge in [0, 0.05) is 17.7 Å². The fourth-order valence-corrected chi connectivity index (χ4v) is 1.96. The van der Waals surface area contributed by atoms with Crippen LogP contribution < -0.4 is 0 Å². The van der Waals surface area contributed by atoms with Crippen molar-refractivity contribution in [3.63, 3.8) is 0 Å². The number of nitrogens with one attached hydrogen (secondary N) is 1. The molecule has 0 aliphatic carbocycles. The van der Waals surface area contributed by atoms with E-state index >= 15 is 0 Å². The van der Waals surface area contributed by atoms with Crippen LogP contribution in [0.5, 0.6) is 0 Å². The zero-order chi connectivity index (χ0) is 14.1. The van der Waals surface area contributed by atoms with Crippen molar-refractivity contribution in [1.82, 2.24) is 9.97 Å². The second kappa shape index (κ2) is 4.77.